The van der Waals surface area contributed by atoms with Gasteiger partial charge in [-0.15, -0.1) is 5.10 Å². The molecular weight excluding hydrogens is 206 g/mol. The van der Waals surface area contributed by atoms with Gasteiger partial charge in [0.1, 0.15) is 0 Å². The maximum Gasteiger partial charge on any atom is 0.219 e. The van der Waals surface area contributed by atoms with Crippen molar-refractivity contribution in [3.8, 4) is 11.6 Å². The topological polar surface area (TPSA) is 76.6 Å². The van der Waals surface area contributed by atoms with Crippen molar-refractivity contribution in [1.29, 1.82) is 0 Å². The zero-order valence-electron chi connectivity index (χ0n) is 8.42. The number of ether oxygens (including phenoxy) is 1. The average molecular weight is 215 g/mol. The van der Waals surface area contributed by atoms with Crippen LogP contribution in [0.1, 0.15) is 5.82 Å². The summed E-state index contributed by atoms with van der Waals surface area (Å²) in [7, 11) is 0. The molecule has 0 spiro atoms. The van der Waals surface area contributed by atoms with E-state index in [4.69, 9.17) is 4.74 Å². The Morgan fingerprint density at radius 1 is 1.31 bits per heavy atom. The summed E-state index contributed by atoms with van der Waals surface area (Å²) in [5, 5.41) is 6.63. The highest BCUT2D eigenvalue weighted by Crippen LogP contribution is 2.12. The van der Waals surface area contributed by atoms with Crippen LogP contribution in [0.25, 0.3) is 17.4 Å². The van der Waals surface area contributed by atoms with Crippen LogP contribution in [0.5, 0.6) is 0 Å². The molecule has 80 valence electrons. The summed E-state index contributed by atoms with van der Waals surface area (Å²) in [4.78, 5) is 12.2. The monoisotopic (exact) mass is 215 g/mol. The minimum atomic E-state index is 0.338. The molecular formula is C10H9N5O. The van der Waals surface area contributed by atoms with E-state index in [0.717, 1.165) is 0 Å². The van der Waals surface area contributed by atoms with Crippen molar-refractivity contribution in [3.63, 3.8) is 0 Å². The number of aromatic amines is 1. The number of aromatic nitrogens is 5. The summed E-state index contributed by atoms with van der Waals surface area (Å²) >= 11 is 0. The van der Waals surface area contributed by atoms with Crippen LogP contribution in [0.15, 0.2) is 37.9 Å². The lowest BCUT2D eigenvalue weighted by molar-refractivity contribution is 0.435. The van der Waals surface area contributed by atoms with E-state index in [2.05, 4.69) is 38.3 Å². The minimum absolute atomic E-state index is 0.338. The second-order valence-electron chi connectivity index (χ2n) is 2.79. The van der Waals surface area contributed by atoms with Crippen LogP contribution in [0.2, 0.25) is 0 Å². The van der Waals surface area contributed by atoms with Crippen LogP contribution >= 0.6 is 0 Å². The number of hydrogen-bond donors (Lipinski definition) is 1. The SMILES string of the molecule is C=COC(=C)c1nc(-c2ncccn2)n[nH]1. The molecule has 16 heavy (non-hydrogen) atoms. The first kappa shape index (κ1) is 10.0. The first-order valence-electron chi connectivity index (χ1n) is 4.48. The Morgan fingerprint density at radius 3 is 2.75 bits per heavy atom. The van der Waals surface area contributed by atoms with Crippen molar-refractivity contribution in [2.45, 2.75) is 0 Å². The Morgan fingerprint density at radius 2 is 2.06 bits per heavy atom. The van der Waals surface area contributed by atoms with Crippen LogP contribution in [-0.4, -0.2) is 25.1 Å². The van der Waals surface area contributed by atoms with E-state index in [0.29, 0.717) is 23.2 Å². The van der Waals surface area contributed by atoms with Crippen molar-refractivity contribution >= 4 is 5.76 Å². The summed E-state index contributed by atoms with van der Waals surface area (Å²) < 4.78 is 4.97. The summed E-state index contributed by atoms with van der Waals surface area (Å²) in [6, 6.07) is 1.72. The van der Waals surface area contributed by atoms with Gasteiger partial charge in [-0.25, -0.2) is 15.0 Å². The molecule has 1 N–H and O–H groups in total. The Balaban J connectivity index is 2.26. The fraction of sp³-hybridized carbons (Fsp3) is 0. The predicted molar refractivity (Wildman–Crippen MR) is 57.7 cm³/mol. The van der Waals surface area contributed by atoms with E-state index in [1.807, 2.05) is 0 Å². The lowest BCUT2D eigenvalue weighted by Gasteiger charge is -1.97. The lowest BCUT2D eigenvalue weighted by atomic mass is 10.5. The molecule has 0 aliphatic rings. The van der Waals surface area contributed by atoms with Crippen LogP contribution < -0.4 is 0 Å². The molecule has 6 nitrogen and oxygen atoms in total. The van der Waals surface area contributed by atoms with Crippen LogP contribution in [0.4, 0.5) is 0 Å². The normalized spacial score (nSPS) is 9.75. The maximum absolute atomic E-state index is 4.97. The van der Waals surface area contributed by atoms with Gasteiger partial charge in [-0.3, -0.25) is 5.10 Å². The van der Waals surface area contributed by atoms with E-state index in [-0.39, 0.29) is 0 Å². The Hall–Kier alpha value is -2.50. The molecule has 0 saturated heterocycles. The summed E-state index contributed by atoms with van der Waals surface area (Å²) in [6.07, 6.45) is 4.50. The molecule has 0 amide bonds. The van der Waals surface area contributed by atoms with Crippen molar-refractivity contribution < 1.29 is 4.74 Å². The van der Waals surface area contributed by atoms with Gasteiger partial charge in [-0.05, 0) is 6.07 Å². The van der Waals surface area contributed by atoms with Crippen molar-refractivity contribution in [1.82, 2.24) is 25.1 Å². The Labute approximate surface area is 91.7 Å². The largest absolute Gasteiger partial charge is 0.462 e. The molecule has 0 atom stereocenters. The zero-order chi connectivity index (χ0) is 11.4. The second-order valence-corrected chi connectivity index (χ2v) is 2.79. The molecule has 0 bridgehead atoms. The minimum Gasteiger partial charge on any atom is -0.462 e. The zero-order valence-corrected chi connectivity index (χ0v) is 8.42. The predicted octanol–water partition coefficient (Wildman–Crippen LogP) is 1.39. The fourth-order valence-electron chi connectivity index (χ4n) is 1.06. The van der Waals surface area contributed by atoms with Gasteiger partial charge in [0.05, 0.1) is 6.26 Å². The standard InChI is InChI=1S/C10H9N5O/c1-3-16-7(2)8-13-10(15-14-8)9-11-5-4-6-12-9/h3-6H,1-2H2,(H,13,14,15). The van der Waals surface area contributed by atoms with Gasteiger partial charge in [0.25, 0.3) is 0 Å². The van der Waals surface area contributed by atoms with Crippen molar-refractivity contribution in [2.24, 2.45) is 0 Å². The van der Waals surface area contributed by atoms with E-state index >= 15 is 0 Å². The molecule has 2 heterocycles. The third kappa shape index (κ3) is 1.95. The molecule has 0 fully saturated rings. The van der Waals surface area contributed by atoms with Crippen LogP contribution in [0, 0.1) is 0 Å². The molecule has 2 aromatic heterocycles. The van der Waals surface area contributed by atoms with Gasteiger partial charge < -0.3 is 4.74 Å². The van der Waals surface area contributed by atoms with Gasteiger partial charge in [-0.1, -0.05) is 13.2 Å². The Kier molecular flexibility index (Phi) is 2.73. The van der Waals surface area contributed by atoms with E-state index < -0.39 is 0 Å². The highest BCUT2D eigenvalue weighted by atomic mass is 16.5. The fourth-order valence-corrected chi connectivity index (χ4v) is 1.06. The summed E-state index contributed by atoms with van der Waals surface area (Å²) in [6.45, 7) is 7.07. The van der Waals surface area contributed by atoms with Crippen LogP contribution in [-0.2, 0) is 4.74 Å². The van der Waals surface area contributed by atoms with Crippen molar-refractivity contribution in [2.75, 3.05) is 0 Å². The molecule has 0 unspecified atom stereocenters. The maximum atomic E-state index is 4.97. The summed E-state index contributed by atoms with van der Waals surface area (Å²) in [5.74, 6) is 1.59. The van der Waals surface area contributed by atoms with Gasteiger partial charge in [0.15, 0.2) is 17.4 Å². The van der Waals surface area contributed by atoms with E-state index in [1.54, 1.807) is 18.5 Å². The van der Waals surface area contributed by atoms with Gasteiger partial charge in [0, 0.05) is 12.4 Å². The molecule has 2 rings (SSSR count). The van der Waals surface area contributed by atoms with Crippen LogP contribution in [0.3, 0.4) is 0 Å². The molecule has 0 aromatic carbocycles. The number of nitrogens with zero attached hydrogens (tertiary/aromatic N) is 4. The smallest absolute Gasteiger partial charge is 0.219 e. The molecule has 2 aromatic rings. The molecule has 0 saturated carbocycles. The average Bonchev–Trinajstić information content (AvgIpc) is 2.80. The number of rotatable bonds is 4. The first-order chi connectivity index (χ1) is 7.81. The molecule has 0 radical (unpaired) electrons. The third-order valence-electron chi connectivity index (χ3n) is 1.74. The summed E-state index contributed by atoms with van der Waals surface area (Å²) in [5.41, 5.74) is 0. The number of hydrogen-bond acceptors (Lipinski definition) is 5. The highest BCUT2D eigenvalue weighted by molar-refractivity contribution is 5.53. The molecule has 0 aliphatic heterocycles. The highest BCUT2D eigenvalue weighted by Gasteiger charge is 2.10. The first-order valence-corrected chi connectivity index (χ1v) is 4.48. The van der Waals surface area contributed by atoms with E-state index in [1.165, 1.54) is 6.26 Å². The quantitative estimate of drug-likeness (QED) is 0.780. The molecule has 0 aliphatic carbocycles. The third-order valence-corrected chi connectivity index (χ3v) is 1.74. The lowest BCUT2D eigenvalue weighted by Crippen LogP contribution is -1.89. The second kappa shape index (κ2) is 4.35. The Bertz CT molecular complexity index is 505. The number of nitrogens with one attached hydrogen (secondary N) is 1. The van der Waals surface area contributed by atoms with E-state index in [9.17, 15) is 0 Å². The number of H-pyrrole nitrogens is 1. The van der Waals surface area contributed by atoms with Gasteiger partial charge in [-0.2, -0.15) is 0 Å². The van der Waals surface area contributed by atoms with Gasteiger partial charge >= 0.3 is 0 Å². The van der Waals surface area contributed by atoms with Gasteiger partial charge in [0.2, 0.25) is 5.82 Å². The molecule has 6 heteroatoms. The van der Waals surface area contributed by atoms with Crippen molar-refractivity contribution in [3.05, 3.63) is 43.7 Å².